The molecule has 1 aromatic heterocycles. The highest BCUT2D eigenvalue weighted by atomic mass is 16.1. The monoisotopic (exact) mass is 207 g/mol. The molecule has 2 heteroatoms. The normalized spacial score (nSPS) is 10.8. The fourth-order valence-electron chi connectivity index (χ4n) is 2.02. The van der Waals surface area contributed by atoms with Crippen LogP contribution in [0.15, 0.2) is 48.5 Å². The van der Waals surface area contributed by atoms with Gasteiger partial charge in [0.15, 0.2) is 6.29 Å². The number of hydrogen-bond donors (Lipinski definition) is 0. The molecule has 0 saturated carbocycles. The predicted octanol–water partition coefficient (Wildman–Crippen LogP) is 3.20. The highest BCUT2D eigenvalue weighted by Crippen LogP contribution is 2.25. The summed E-state index contributed by atoms with van der Waals surface area (Å²) < 4.78 is 0. The number of hydrogen-bond acceptors (Lipinski definition) is 2. The lowest BCUT2D eigenvalue weighted by molar-refractivity contribution is 0.112. The van der Waals surface area contributed by atoms with Gasteiger partial charge in [-0.3, -0.25) is 4.79 Å². The van der Waals surface area contributed by atoms with E-state index in [0.717, 1.165) is 28.0 Å². The second-order valence-electron chi connectivity index (χ2n) is 3.68. The van der Waals surface area contributed by atoms with E-state index in [1.165, 1.54) is 0 Å². The lowest BCUT2D eigenvalue weighted by atomic mass is 10.0. The van der Waals surface area contributed by atoms with Crippen LogP contribution in [0.5, 0.6) is 0 Å². The van der Waals surface area contributed by atoms with Gasteiger partial charge in [-0.15, -0.1) is 0 Å². The second-order valence-corrected chi connectivity index (χ2v) is 3.68. The fraction of sp³-hybridized carbons (Fsp3) is 0. The van der Waals surface area contributed by atoms with Crippen molar-refractivity contribution in [2.24, 2.45) is 0 Å². The van der Waals surface area contributed by atoms with E-state index in [4.69, 9.17) is 0 Å². The minimum absolute atomic E-state index is 0.509. The van der Waals surface area contributed by atoms with Crippen LogP contribution in [0.2, 0.25) is 0 Å². The summed E-state index contributed by atoms with van der Waals surface area (Å²) in [4.78, 5) is 15.4. The van der Waals surface area contributed by atoms with Gasteiger partial charge in [-0.1, -0.05) is 42.5 Å². The number of para-hydroxylation sites is 1. The lowest BCUT2D eigenvalue weighted by Gasteiger charge is -2.04. The Hall–Kier alpha value is -2.22. The topological polar surface area (TPSA) is 30.0 Å². The molecule has 2 aromatic carbocycles. The van der Waals surface area contributed by atoms with Crippen molar-refractivity contribution in [1.29, 1.82) is 0 Å². The van der Waals surface area contributed by atoms with E-state index in [0.29, 0.717) is 5.69 Å². The fourth-order valence-corrected chi connectivity index (χ4v) is 2.02. The number of benzene rings is 2. The summed E-state index contributed by atoms with van der Waals surface area (Å²) in [7, 11) is 0. The molecule has 0 aliphatic heterocycles. The van der Waals surface area contributed by atoms with Crippen LogP contribution in [0.25, 0.3) is 21.7 Å². The maximum absolute atomic E-state index is 11.0. The Bertz CT molecular complexity index is 688. The summed E-state index contributed by atoms with van der Waals surface area (Å²) in [6.07, 6.45) is 0.814. The van der Waals surface area contributed by atoms with Crippen LogP contribution in [-0.2, 0) is 0 Å². The summed E-state index contributed by atoms with van der Waals surface area (Å²) >= 11 is 0. The number of carbonyl (C=O) groups is 1. The molecule has 1 heterocycles. The third-order valence-electron chi connectivity index (χ3n) is 2.75. The average Bonchev–Trinajstić information content (AvgIpc) is 2.38. The van der Waals surface area contributed by atoms with Crippen LogP contribution in [0, 0.1) is 0 Å². The summed E-state index contributed by atoms with van der Waals surface area (Å²) in [6.45, 7) is 0. The molecule has 0 aliphatic carbocycles. The first kappa shape index (κ1) is 9.04. The standard InChI is InChI=1S/C14H9NO/c16-9-14-12-7-2-1-5-10(12)11-6-3-4-8-13(11)15-14/h1-9H. The highest BCUT2D eigenvalue weighted by molar-refractivity contribution is 6.10. The number of aromatic nitrogens is 1. The van der Waals surface area contributed by atoms with Gasteiger partial charge in [0.25, 0.3) is 0 Å². The molecule has 3 aromatic rings. The third-order valence-corrected chi connectivity index (χ3v) is 2.75. The molecule has 0 radical (unpaired) electrons. The van der Waals surface area contributed by atoms with Gasteiger partial charge in [0.1, 0.15) is 5.69 Å². The number of fused-ring (bicyclic) bond motifs is 3. The zero-order valence-electron chi connectivity index (χ0n) is 8.55. The van der Waals surface area contributed by atoms with Crippen molar-refractivity contribution in [3.8, 4) is 0 Å². The zero-order chi connectivity index (χ0) is 11.0. The molecule has 0 atom stereocenters. The summed E-state index contributed by atoms with van der Waals surface area (Å²) in [5, 5.41) is 3.08. The Morgan fingerprint density at radius 3 is 2.19 bits per heavy atom. The molecule has 0 N–H and O–H groups in total. The van der Waals surface area contributed by atoms with Crippen molar-refractivity contribution in [3.63, 3.8) is 0 Å². The Morgan fingerprint density at radius 1 is 0.812 bits per heavy atom. The van der Waals surface area contributed by atoms with E-state index in [9.17, 15) is 4.79 Å². The van der Waals surface area contributed by atoms with Crippen molar-refractivity contribution < 1.29 is 4.79 Å². The van der Waals surface area contributed by atoms with Crippen molar-refractivity contribution in [2.75, 3.05) is 0 Å². The summed E-state index contributed by atoms with van der Waals surface area (Å²) in [5.74, 6) is 0. The largest absolute Gasteiger partial charge is 0.296 e. The molecule has 3 rings (SSSR count). The van der Waals surface area contributed by atoms with E-state index in [1.807, 2.05) is 48.5 Å². The molecule has 0 amide bonds. The van der Waals surface area contributed by atoms with E-state index in [2.05, 4.69) is 4.98 Å². The van der Waals surface area contributed by atoms with Gasteiger partial charge in [-0.05, 0) is 11.5 Å². The highest BCUT2D eigenvalue weighted by Gasteiger charge is 2.05. The summed E-state index contributed by atoms with van der Waals surface area (Å²) in [6, 6.07) is 15.7. The van der Waals surface area contributed by atoms with Crippen molar-refractivity contribution in [2.45, 2.75) is 0 Å². The number of nitrogens with zero attached hydrogens (tertiary/aromatic N) is 1. The maximum atomic E-state index is 11.0. The lowest BCUT2D eigenvalue weighted by Crippen LogP contribution is -1.91. The molecule has 0 bridgehead atoms. The van der Waals surface area contributed by atoms with Gasteiger partial charge in [-0.25, -0.2) is 4.98 Å². The van der Waals surface area contributed by atoms with Gasteiger partial charge < -0.3 is 0 Å². The number of aldehydes is 1. The molecular weight excluding hydrogens is 198 g/mol. The molecule has 2 nitrogen and oxygen atoms in total. The van der Waals surface area contributed by atoms with Crippen molar-refractivity contribution >= 4 is 28.0 Å². The smallest absolute Gasteiger partial charge is 0.169 e. The Kier molecular flexibility index (Phi) is 1.93. The Balaban J connectivity index is 2.62. The number of carbonyl (C=O) groups excluding carboxylic acids is 1. The molecule has 0 aliphatic rings. The molecule has 16 heavy (non-hydrogen) atoms. The first-order valence-corrected chi connectivity index (χ1v) is 5.13. The molecule has 0 spiro atoms. The number of rotatable bonds is 1. The van der Waals surface area contributed by atoms with Crippen molar-refractivity contribution in [3.05, 3.63) is 54.2 Å². The minimum Gasteiger partial charge on any atom is -0.296 e. The van der Waals surface area contributed by atoms with E-state index in [-0.39, 0.29) is 0 Å². The van der Waals surface area contributed by atoms with E-state index < -0.39 is 0 Å². The molecule has 0 unspecified atom stereocenters. The summed E-state index contributed by atoms with van der Waals surface area (Å²) in [5.41, 5.74) is 1.37. The molecular formula is C14H9NO. The molecule has 76 valence electrons. The van der Waals surface area contributed by atoms with Crippen molar-refractivity contribution in [1.82, 2.24) is 4.98 Å². The SMILES string of the molecule is O=Cc1nc2ccccc2c2ccccc12. The predicted molar refractivity (Wildman–Crippen MR) is 64.6 cm³/mol. The average molecular weight is 207 g/mol. The first-order chi connectivity index (χ1) is 7.90. The number of pyridine rings is 1. The van der Waals surface area contributed by atoms with Crippen LogP contribution in [0.4, 0.5) is 0 Å². The van der Waals surface area contributed by atoms with E-state index >= 15 is 0 Å². The molecule has 0 fully saturated rings. The Labute approximate surface area is 92.5 Å². The first-order valence-electron chi connectivity index (χ1n) is 5.13. The van der Waals surface area contributed by atoms with Crippen LogP contribution in [0.3, 0.4) is 0 Å². The van der Waals surface area contributed by atoms with Gasteiger partial charge in [-0.2, -0.15) is 0 Å². The van der Waals surface area contributed by atoms with Gasteiger partial charge >= 0.3 is 0 Å². The minimum atomic E-state index is 0.509. The zero-order valence-corrected chi connectivity index (χ0v) is 8.55. The van der Waals surface area contributed by atoms with Crippen LogP contribution in [0.1, 0.15) is 10.5 Å². The van der Waals surface area contributed by atoms with Crippen LogP contribution >= 0.6 is 0 Å². The Morgan fingerprint density at radius 2 is 1.44 bits per heavy atom. The molecule has 0 saturated heterocycles. The second kappa shape index (κ2) is 3.42. The van der Waals surface area contributed by atoms with Crippen LogP contribution < -0.4 is 0 Å². The van der Waals surface area contributed by atoms with Gasteiger partial charge in [0, 0.05) is 10.8 Å². The van der Waals surface area contributed by atoms with Crippen LogP contribution in [-0.4, -0.2) is 11.3 Å². The van der Waals surface area contributed by atoms with E-state index in [1.54, 1.807) is 0 Å². The van der Waals surface area contributed by atoms with Gasteiger partial charge in [0.2, 0.25) is 0 Å². The quantitative estimate of drug-likeness (QED) is 0.453. The maximum Gasteiger partial charge on any atom is 0.169 e. The van der Waals surface area contributed by atoms with Gasteiger partial charge in [0.05, 0.1) is 5.52 Å². The third kappa shape index (κ3) is 1.20.